The molecule has 1 rings (SSSR count). The Balaban J connectivity index is 2.46. The third-order valence-corrected chi connectivity index (χ3v) is 2.62. The van der Waals surface area contributed by atoms with E-state index < -0.39 is 0 Å². The van der Waals surface area contributed by atoms with Gasteiger partial charge < -0.3 is 19.8 Å². The van der Waals surface area contributed by atoms with Crippen molar-refractivity contribution in [3.05, 3.63) is 17.5 Å². The Morgan fingerprint density at radius 2 is 2.33 bits per heavy atom. The Bertz CT molecular complexity index is 376. The Morgan fingerprint density at radius 1 is 1.61 bits per heavy atom. The first-order chi connectivity index (χ1) is 8.58. The second-order valence-corrected chi connectivity index (χ2v) is 4.33. The standard InChI is InChI=1S/C12H21N3O3/c1-4-15(5-6-16)12(17)13-8-10-7-11(9(2)3)14-18-10/h7,9,16H,4-6,8H2,1-3H3,(H,13,17). The second-order valence-electron chi connectivity index (χ2n) is 4.33. The zero-order chi connectivity index (χ0) is 13.5. The van der Waals surface area contributed by atoms with Gasteiger partial charge in [-0.15, -0.1) is 0 Å². The van der Waals surface area contributed by atoms with Gasteiger partial charge in [0.1, 0.15) is 0 Å². The molecule has 0 aliphatic carbocycles. The highest BCUT2D eigenvalue weighted by Gasteiger charge is 2.12. The lowest BCUT2D eigenvalue weighted by Gasteiger charge is -2.19. The molecule has 0 unspecified atom stereocenters. The monoisotopic (exact) mass is 255 g/mol. The van der Waals surface area contributed by atoms with Crippen LogP contribution in [-0.2, 0) is 6.54 Å². The molecule has 0 aliphatic heterocycles. The van der Waals surface area contributed by atoms with Crippen molar-refractivity contribution >= 4 is 6.03 Å². The number of carbonyl (C=O) groups is 1. The van der Waals surface area contributed by atoms with Crippen LogP contribution in [0.5, 0.6) is 0 Å². The molecule has 1 aromatic heterocycles. The zero-order valence-electron chi connectivity index (χ0n) is 11.1. The van der Waals surface area contributed by atoms with Crippen LogP contribution in [0.3, 0.4) is 0 Å². The van der Waals surface area contributed by atoms with Crippen molar-refractivity contribution < 1.29 is 14.4 Å². The van der Waals surface area contributed by atoms with E-state index in [4.69, 9.17) is 9.63 Å². The molecule has 1 heterocycles. The summed E-state index contributed by atoms with van der Waals surface area (Å²) in [7, 11) is 0. The van der Waals surface area contributed by atoms with E-state index in [0.29, 0.717) is 31.3 Å². The van der Waals surface area contributed by atoms with Crippen LogP contribution < -0.4 is 5.32 Å². The third-order valence-electron chi connectivity index (χ3n) is 2.62. The van der Waals surface area contributed by atoms with Crippen molar-refractivity contribution in [1.29, 1.82) is 0 Å². The predicted octanol–water partition coefficient (Wildman–Crippen LogP) is 1.32. The molecule has 0 atom stereocenters. The molecule has 102 valence electrons. The Kier molecular flexibility index (Phi) is 5.64. The fourth-order valence-corrected chi connectivity index (χ4v) is 1.48. The predicted molar refractivity (Wildman–Crippen MR) is 67.2 cm³/mol. The quantitative estimate of drug-likeness (QED) is 0.803. The van der Waals surface area contributed by atoms with Crippen molar-refractivity contribution in [3.8, 4) is 0 Å². The Morgan fingerprint density at radius 3 is 2.83 bits per heavy atom. The number of hydrogen-bond donors (Lipinski definition) is 2. The smallest absolute Gasteiger partial charge is 0.317 e. The van der Waals surface area contributed by atoms with Crippen LogP contribution >= 0.6 is 0 Å². The van der Waals surface area contributed by atoms with Gasteiger partial charge in [0.05, 0.1) is 18.8 Å². The average molecular weight is 255 g/mol. The third kappa shape index (κ3) is 4.03. The lowest BCUT2D eigenvalue weighted by atomic mass is 10.1. The van der Waals surface area contributed by atoms with Gasteiger partial charge in [0.25, 0.3) is 0 Å². The van der Waals surface area contributed by atoms with Crippen molar-refractivity contribution in [2.75, 3.05) is 19.7 Å². The SMILES string of the molecule is CCN(CCO)C(=O)NCc1cc(C(C)C)no1. The fraction of sp³-hybridized carbons (Fsp3) is 0.667. The molecule has 0 spiro atoms. The first-order valence-electron chi connectivity index (χ1n) is 6.17. The number of nitrogens with zero attached hydrogens (tertiary/aromatic N) is 2. The molecule has 6 nitrogen and oxygen atoms in total. The van der Waals surface area contributed by atoms with Crippen molar-refractivity contribution in [3.63, 3.8) is 0 Å². The van der Waals surface area contributed by atoms with Crippen LogP contribution in [0.2, 0.25) is 0 Å². The maximum atomic E-state index is 11.7. The molecule has 1 aromatic rings. The van der Waals surface area contributed by atoms with Crippen LogP contribution in [0.15, 0.2) is 10.6 Å². The van der Waals surface area contributed by atoms with E-state index in [2.05, 4.69) is 10.5 Å². The van der Waals surface area contributed by atoms with Crippen molar-refractivity contribution in [1.82, 2.24) is 15.4 Å². The number of aromatic nitrogens is 1. The van der Waals surface area contributed by atoms with E-state index in [1.807, 2.05) is 26.8 Å². The molecule has 0 saturated carbocycles. The molecule has 0 bridgehead atoms. The summed E-state index contributed by atoms with van der Waals surface area (Å²) in [6.07, 6.45) is 0. The number of aliphatic hydroxyl groups excluding tert-OH is 1. The van der Waals surface area contributed by atoms with Gasteiger partial charge in [-0.2, -0.15) is 0 Å². The van der Waals surface area contributed by atoms with Gasteiger partial charge in [-0.1, -0.05) is 19.0 Å². The minimum atomic E-state index is -0.214. The van der Waals surface area contributed by atoms with E-state index in [1.165, 1.54) is 4.90 Å². The van der Waals surface area contributed by atoms with Crippen LogP contribution in [0.1, 0.15) is 38.1 Å². The molecule has 0 saturated heterocycles. The van der Waals surface area contributed by atoms with Crippen LogP contribution in [-0.4, -0.2) is 40.9 Å². The summed E-state index contributed by atoms with van der Waals surface area (Å²) in [5.74, 6) is 0.937. The molecule has 0 fully saturated rings. The normalized spacial score (nSPS) is 10.7. The molecule has 0 aliphatic rings. The highest BCUT2D eigenvalue weighted by molar-refractivity contribution is 5.74. The number of urea groups is 1. The van der Waals surface area contributed by atoms with E-state index in [0.717, 1.165) is 5.69 Å². The van der Waals surface area contributed by atoms with Crippen LogP contribution in [0.25, 0.3) is 0 Å². The lowest BCUT2D eigenvalue weighted by Crippen LogP contribution is -2.40. The Labute approximate surface area is 107 Å². The minimum absolute atomic E-state index is 0.0406. The average Bonchev–Trinajstić information content (AvgIpc) is 2.82. The summed E-state index contributed by atoms with van der Waals surface area (Å²) in [5, 5.41) is 15.5. The van der Waals surface area contributed by atoms with Gasteiger partial charge in [0.15, 0.2) is 5.76 Å². The summed E-state index contributed by atoms with van der Waals surface area (Å²) < 4.78 is 5.12. The molecular weight excluding hydrogens is 234 g/mol. The topological polar surface area (TPSA) is 78.6 Å². The van der Waals surface area contributed by atoms with E-state index in [9.17, 15) is 4.79 Å². The second kappa shape index (κ2) is 7.00. The molecule has 0 aromatic carbocycles. The molecular formula is C12H21N3O3. The summed E-state index contributed by atoms with van der Waals surface area (Å²) >= 11 is 0. The highest BCUT2D eigenvalue weighted by Crippen LogP contribution is 2.13. The first kappa shape index (κ1) is 14.5. The molecule has 0 radical (unpaired) electrons. The van der Waals surface area contributed by atoms with E-state index in [-0.39, 0.29) is 12.6 Å². The molecule has 2 N–H and O–H groups in total. The number of hydrogen-bond acceptors (Lipinski definition) is 4. The number of nitrogens with one attached hydrogen (secondary N) is 1. The number of likely N-dealkylation sites (N-methyl/N-ethyl adjacent to an activating group) is 1. The van der Waals surface area contributed by atoms with Gasteiger partial charge in [-0.05, 0) is 12.8 Å². The van der Waals surface area contributed by atoms with Gasteiger partial charge in [-0.3, -0.25) is 0 Å². The van der Waals surface area contributed by atoms with Gasteiger partial charge in [0.2, 0.25) is 0 Å². The molecule has 2 amide bonds. The van der Waals surface area contributed by atoms with E-state index in [1.54, 1.807) is 0 Å². The summed E-state index contributed by atoms with van der Waals surface area (Å²) in [6, 6.07) is 1.63. The highest BCUT2D eigenvalue weighted by atomic mass is 16.5. The van der Waals surface area contributed by atoms with Gasteiger partial charge in [0, 0.05) is 19.2 Å². The fourth-order valence-electron chi connectivity index (χ4n) is 1.48. The number of aliphatic hydroxyl groups is 1. The lowest BCUT2D eigenvalue weighted by molar-refractivity contribution is 0.179. The minimum Gasteiger partial charge on any atom is -0.395 e. The number of carbonyl (C=O) groups excluding carboxylic acids is 1. The van der Waals surface area contributed by atoms with Crippen LogP contribution in [0.4, 0.5) is 4.79 Å². The Hall–Kier alpha value is -1.56. The summed E-state index contributed by atoms with van der Waals surface area (Å²) in [6.45, 7) is 7.07. The van der Waals surface area contributed by atoms with Gasteiger partial charge >= 0.3 is 6.03 Å². The number of rotatable bonds is 6. The zero-order valence-corrected chi connectivity index (χ0v) is 11.1. The molecule has 18 heavy (non-hydrogen) atoms. The largest absolute Gasteiger partial charge is 0.395 e. The summed E-state index contributed by atoms with van der Waals surface area (Å²) in [4.78, 5) is 13.2. The van der Waals surface area contributed by atoms with Gasteiger partial charge in [-0.25, -0.2) is 4.79 Å². The van der Waals surface area contributed by atoms with E-state index >= 15 is 0 Å². The maximum Gasteiger partial charge on any atom is 0.317 e. The maximum absolute atomic E-state index is 11.7. The number of amides is 2. The molecule has 6 heteroatoms. The van der Waals surface area contributed by atoms with Crippen LogP contribution in [0, 0.1) is 0 Å². The van der Waals surface area contributed by atoms with Crippen molar-refractivity contribution in [2.45, 2.75) is 33.2 Å². The van der Waals surface area contributed by atoms with Crippen molar-refractivity contribution in [2.24, 2.45) is 0 Å². The first-order valence-corrected chi connectivity index (χ1v) is 6.17. The summed E-state index contributed by atoms with van der Waals surface area (Å²) in [5.41, 5.74) is 0.877.